The zero-order chi connectivity index (χ0) is 14.8. The van der Waals surface area contributed by atoms with E-state index < -0.39 is 29.6 Å². The van der Waals surface area contributed by atoms with Crippen molar-refractivity contribution in [3.63, 3.8) is 0 Å². The largest absolute Gasteiger partial charge is 0.525 e. The first kappa shape index (κ1) is 15.7. The fourth-order valence-corrected chi connectivity index (χ4v) is 1.21. The number of anilines is 1. The van der Waals surface area contributed by atoms with Crippen molar-refractivity contribution in [1.29, 1.82) is 0 Å². The third-order valence-corrected chi connectivity index (χ3v) is 2.00. The Hall–Kier alpha value is -1.35. The molecule has 3 nitrogen and oxygen atoms in total. The molecular formula is C9H6ClF6NO2. The Labute approximate surface area is 107 Å². The van der Waals surface area contributed by atoms with Crippen molar-refractivity contribution in [2.45, 2.75) is 18.8 Å². The number of rotatable bonds is 4. The number of ether oxygens (including phenoxy) is 2. The predicted octanol–water partition coefficient (Wildman–Crippen LogP) is 3.73. The van der Waals surface area contributed by atoms with Gasteiger partial charge in [-0.05, 0) is 18.2 Å². The molecule has 0 heterocycles. The first-order valence-electron chi connectivity index (χ1n) is 4.52. The summed E-state index contributed by atoms with van der Waals surface area (Å²) in [6.07, 6.45) is -14.5. The Balaban J connectivity index is 2.83. The van der Waals surface area contributed by atoms with Gasteiger partial charge in [0.05, 0.1) is 5.02 Å². The van der Waals surface area contributed by atoms with Crippen LogP contribution in [0.4, 0.5) is 32.0 Å². The van der Waals surface area contributed by atoms with Gasteiger partial charge in [0.25, 0.3) is 0 Å². The molecule has 0 aliphatic rings. The molecule has 1 rings (SSSR count). The Bertz CT molecular complexity index is 453. The molecular weight excluding hydrogens is 304 g/mol. The normalized spacial score (nSPS) is 14.3. The molecule has 0 aliphatic carbocycles. The van der Waals surface area contributed by atoms with Crippen LogP contribution in [0.2, 0.25) is 5.02 Å². The van der Waals surface area contributed by atoms with Gasteiger partial charge in [-0.1, -0.05) is 11.6 Å². The highest BCUT2D eigenvalue weighted by Crippen LogP contribution is 2.35. The number of hydrogen-bond donors (Lipinski definition) is 1. The van der Waals surface area contributed by atoms with E-state index in [1.54, 1.807) is 0 Å². The highest BCUT2D eigenvalue weighted by Gasteiger charge is 2.50. The van der Waals surface area contributed by atoms with Gasteiger partial charge in [0, 0.05) is 5.69 Å². The zero-order valence-electron chi connectivity index (χ0n) is 8.85. The van der Waals surface area contributed by atoms with Crippen molar-refractivity contribution in [1.82, 2.24) is 0 Å². The molecule has 0 amide bonds. The molecule has 19 heavy (non-hydrogen) atoms. The van der Waals surface area contributed by atoms with E-state index in [9.17, 15) is 26.3 Å². The van der Waals surface area contributed by atoms with Crippen molar-refractivity contribution in [2.24, 2.45) is 0 Å². The summed E-state index contributed by atoms with van der Waals surface area (Å²) in [5.74, 6) is -0.741. The summed E-state index contributed by atoms with van der Waals surface area (Å²) in [5.41, 5.74) is 5.36. The van der Waals surface area contributed by atoms with Gasteiger partial charge < -0.3 is 10.5 Å². The molecule has 10 heteroatoms. The number of halogens is 7. The molecule has 0 saturated heterocycles. The van der Waals surface area contributed by atoms with Gasteiger partial charge in [-0.3, -0.25) is 0 Å². The van der Waals surface area contributed by atoms with Crippen LogP contribution in [-0.2, 0) is 4.74 Å². The van der Waals surface area contributed by atoms with Crippen molar-refractivity contribution in [2.75, 3.05) is 5.73 Å². The fourth-order valence-electron chi connectivity index (χ4n) is 0.979. The number of hydrogen-bond acceptors (Lipinski definition) is 3. The van der Waals surface area contributed by atoms with Crippen LogP contribution in [0, 0.1) is 0 Å². The van der Waals surface area contributed by atoms with Crippen molar-refractivity contribution >= 4 is 17.3 Å². The van der Waals surface area contributed by atoms with Gasteiger partial charge in [-0.25, -0.2) is 9.13 Å². The maximum Gasteiger partial charge on any atom is 0.525 e. The summed E-state index contributed by atoms with van der Waals surface area (Å²) in [4.78, 5) is 0. The molecule has 1 atom stereocenters. The second kappa shape index (κ2) is 5.33. The summed E-state index contributed by atoms with van der Waals surface area (Å²) in [6.45, 7) is 0. The van der Waals surface area contributed by atoms with Crippen LogP contribution in [0.15, 0.2) is 18.2 Å². The molecule has 2 N–H and O–H groups in total. The summed E-state index contributed by atoms with van der Waals surface area (Å²) in [7, 11) is 0. The van der Waals surface area contributed by atoms with E-state index in [0.29, 0.717) is 0 Å². The minimum Gasteiger partial charge on any atom is -0.427 e. The maximum absolute atomic E-state index is 13.0. The van der Waals surface area contributed by atoms with Gasteiger partial charge in [0.15, 0.2) is 0 Å². The standard InChI is InChI=1S/C9H6ClF6NO2/c10-5-3-4(17)1-2-6(5)18-8(12,13)7(11)19-9(14,15)16/h1-3,7H,17H2. The van der Waals surface area contributed by atoms with Crippen LogP contribution in [0.1, 0.15) is 0 Å². The Morgan fingerprint density at radius 1 is 1.16 bits per heavy atom. The smallest absolute Gasteiger partial charge is 0.427 e. The Kier molecular flexibility index (Phi) is 4.41. The molecule has 0 saturated carbocycles. The predicted molar refractivity (Wildman–Crippen MR) is 53.5 cm³/mol. The lowest BCUT2D eigenvalue weighted by Gasteiger charge is -2.22. The SMILES string of the molecule is Nc1ccc(OC(F)(F)C(F)OC(F)(F)F)c(Cl)c1. The third-order valence-electron chi connectivity index (χ3n) is 1.70. The van der Waals surface area contributed by atoms with E-state index in [1.165, 1.54) is 0 Å². The monoisotopic (exact) mass is 309 g/mol. The highest BCUT2D eigenvalue weighted by molar-refractivity contribution is 6.32. The van der Waals surface area contributed by atoms with E-state index in [0.717, 1.165) is 18.2 Å². The van der Waals surface area contributed by atoms with Crippen LogP contribution in [0.5, 0.6) is 5.75 Å². The first-order valence-corrected chi connectivity index (χ1v) is 4.89. The second-order valence-electron chi connectivity index (χ2n) is 3.23. The summed E-state index contributed by atoms with van der Waals surface area (Å²) in [6, 6.07) is 2.95. The van der Waals surface area contributed by atoms with E-state index in [-0.39, 0.29) is 5.69 Å². The molecule has 1 aromatic rings. The average Bonchev–Trinajstić information content (AvgIpc) is 2.19. The van der Waals surface area contributed by atoms with Crippen molar-refractivity contribution in [3.05, 3.63) is 23.2 Å². The van der Waals surface area contributed by atoms with Crippen LogP contribution >= 0.6 is 11.6 Å². The fraction of sp³-hybridized carbons (Fsp3) is 0.333. The lowest BCUT2D eigenvalue weighted by molar-refractivity contribution is -0.411. The highest BCUT2D eigenvalue weighted by atomic mass is 35.5. The molecule has 0 bridgehead atoms. The number of nitrogens with two attached hydrogens (primary N) is 1. The summed E-state index contributed by atoms with van der Waals surface area (Å²) >= 11 is 5.45. The number of nitrogen functional groups attached to an aromatic ring is 1. The molecule has 0 fully saturated rings. The van der Waals surface area contributed by atoms with Gasteiger partial charge in [0.2, 0.25) is 0 Å². The molecule has 1 unspecified atom stereocenters. The van der Waals surface area contributed by atoms with E-state index >= 15 is 0 Å². The molecule has 0 radical (unpaired) electrons. The lowest BCUT2D eigenvalue weighted by Crippen LogP contribution is -2.41. The van der Waals surface area contributed by atoms with Gasteiger partial charge in [-0.15, -0.1) is 13.2 Å². The second-order valence-corrected chi connectivity index (χ2v) is 3.64. The summed E-state index contributed by atoms with van der Waals surface area (Å²) in [5, 5.41) is -0.418. The quantitative estimate of drug-likeness (QED) is 0.681. The van der Waals surface area contributed by atoms with Crippen LogP contribution < -0.4 is 10.5 Å². The zero-order valence-corrected chi connectivity index (χ0v) is 9.60. The Morgan fingerprint density at radius 3 is 2.21 bits per heavy atom. The first-order chi connectivity index (χ1) is 8.51. The topological polar surface area (TPSA) is 44.5 Å². The van der Waals surface area contributed by atoms with Crippen LogP contribution in [-0.4, -0.2) is 18.8 Å². The molecule has 108 valence electrons. The minimum absolute atomic E-state index is 0.101. The van der Waals surface area contributed by atoms with Gasteiger partial charge >= 0.3 is 18.8 Å². The van der Waals surface area contributed by atoms with Crippen molar-refractivity contribution < 1.29 is 35.8 Å². The maximum atomic E-state index is 13.0. The Morgan fingerprint density at radius 2 is 1.74 bits per heavy atom. The number of benzene rings is 1. The van der Waals surface area contributed by atoms with Crippen LogP contribution in [0.25, 0.3) is 0 Å². The third kappa shape index (κ3) is 4.67. The minimum atomic E-state index is -5.57. The lowest BCUT2D eigenvalue weighted by atomic mass is 10.3. The molecule has 1 aromatic carbocycles. The van der Waals surface area contributed by atoms with Gasteiger partial charge in [0.1, 0.15) is 5.75 Å². The van der Waals surface area contributed by atoms with Crippen molar-refractivity contribution in [3.8, 4) is 5.75 Å². The van der Waals surface area contributed by atoms with E-state index in [2.05, 4.69) is 9.47 Å². The molecule has 0 spiro atoms. The average molecular weight is 310 g/mol. The van der Waals surface area contributed by atoms with Gasteiger partial charge in [-0.2, -0.15) is 8.78 Å². The molecule has 0 aliphatic heterocycles. The van der Waals surface area contributed by atoms with Crippen LogP contribution in [0.3, 0.4) is 0 Å². The summed E-state index contributed by atoms with van der Waals surface area (Å²) < 4.78 is 79.8. The number of alkyl halides is 6. The van der Waals surface area contributed by atoms with E-state index in [4.69, 9.17) is 17.3 Å². The molecule has 0 aromatic heterocycles. The van der Waals surface area contributed by atoms with E-state index in [1.807, 2.05) is 0 Å².